The number of benzene rings is 2. The molecule has 126 valence electrons. The second-order valence-electron chi connectivity index (χ2n) is 6.08. The molecule has 3 amide bonds. The van der Waals surface area contributed by atoms with Crippen molar-refractivity contribution in [1.29, 1.82) is 0 Å². The molecule has 1 atom stereocenters. The van der Waals surface area contributed by atoms with Gasteiger partial charge in [-0.05, 0) is 29.8 Å². The third-order valence-electron chi connectivity index (χ3n) is 4.63. The molecule has 0 aliphatic carbocycles. The van der Waals surface area contributed by atoms with Crippen molar-refractivity contribution in [3.8, 4) is 0 Å². The average Bonchev–Trinajstić information content (AvgIpc) is 2.97. The second-order valence-corrected chi connectivity index (χ2v) is 6.52. The molecule has 1 N–H and O–H groups in total. The number of likely N-dealkylation sites (N-methyl/N-ethyl adjacent to an activating group) is 1. The van der Waals surface area contributed by atoms with Crippen LogP contribution in [-0.2, 0) is 4.79 Å². The summed E-state index contributed by atoms with van der Waals surface area (Å²) < 4.78 is 0. The molecule has 2 aliphatic rings. The van der Waals surface area contributed by atoms with E-state index in [-0.39, 0.29) is 11.9 Å². The molecule has 5 nitrogen and oxygen atoms in total. The molecular weight excluding hydrogens is 338 g/mol. The van der Waals surface area contributed by atoms with Gasteiger partial charge >= 0.3 is 6.03 Å². The second kappa shape index (κ2) is 5.93. The summed E-state index contributed by atoms with van der Waals surface area (Å²) in [6, 6.07) is 16.0. The number of carbonyl (C=O) groups excluding carboxylic acids is 2. The maximum absolute atomic E-state index is 13.1. The average molecular weight is 354 g/mol. The van der Waals surface area contributed by atoms with Gasteiger partial charge in [0.25, 0.3) is 5.91 Å². The van der Waals surface area contributed by atoms with Crippen LogP contribution in [-0.4, -0.2) is 30.4 Å². The molecule has 4 rings (SSSR count). The van der Waals surface area contributed by atoms with Crippen LogP contribution < -0.4 is 10.2 Å². The Balaban J connectivity index is 1.76. The van der Waals surface area contributed by atoms with Crippen LogP contribution in [0.25, 0.3) is 0 Å². The number of nitrogens with one attached hydrogen (secondary N) is 1. The van der Waals surface area contributed by atoms with Gasteiger partial charge < -0.3 is 10.2 Å². The first-order valence-corrected chi connectivity index (χ1v) is 8.33. The smallest absolute Gasteiger partial charge is 0.322 e. The molecule has 0 saturated heterocycles. The number of urea groups is 1. The van der Waals surface area contributed by atoms with Crippen LogP contribution in [0.5, 0.6) is 0 Å². The zero-order chi connectivity index (χ0) is 17.6. The van der Waals surface area contributed by atoms with E-state index in [1.165, 1.54) is 4.90 Å². The molecule has 2 aromatic carbocycles. The van der Waals surface area contributed by atoms with Crippen molar-refractivity contribution in [2.75, 3.05) is 18.5 Å². The van der Waals surface area contributed by atoms with Gasteiger partial charge in [0.1, 0.15) is 0 Å². The standard InChI is InChI=1S/C19H16ClN3O2/c1-22-15-11-23(14-9-7-13(20)8-10-14)18(24)16(15)17(21-19(22)25)12-5-3-2-4-6-12/h2-10,17H,11H2,1H3,(H,21,25)/t17-/m1/s1. The SMILES string of the molecule is CN1C(=O)N[C@H](c2ccccc2)C2=C1CN(c1ccc(Cl)cc1)C2=O. The van der Waals surface area contributed by atoms with Crippen molar-refractivity contribution in [1.82, 2.24) is 10.2 Å². The molecule has 0 fully saturated rings. The normalized spacial score (nSPS) is 20.0. The lowest BCUT2D eigenvalue weighted by Gasteiger charge is -2.31. The van der Waals surface area contributed by atoms with Crippen molar-refractivity contribution >= 4 is 29.2 Å². The first-order chi connectivity index (χ1) is 12.1. The van der Waals surface area contributed by atoms with Gasteiger partial charge in [-0.3, -0.25) is 9.69 Å². The molecule has 0 spiro atoms. The predicted octanol–water partition coefficient (Wildman–Crippen LogP) is 3.34. The van der Waals surface area contributed by atoms with Crippen LogP contribution in [0.3, 0.4) is 0 Å². The minimum atomic E-state index is -0.440. The fraction of sp³-hybridized carbons (Fsp3) is 0.158. The summed E-state index contributed by atoms with van der Waals surface area (Å²) in [4.78, 5) is 28.7. The quantitative estimate of drug-likeness (QED) is 0.900. The Kier molecular flexibility index (Phi) is 3.73. The Bertz CT molecular complexity index is 877. The molecule has 0 aromatic heterocycles. The molecule has 2 aromatic rings. The number of nitrogens with zero attached hydrogens (tertiary/aromatic N) is 2. The first kappa shape index (κ1) is 15.7. The highest BCUT2D eigenvalue weighted by atomic mass is 35.5. The molecule has 0 saturated carbocycles. The maximum atomic E-state index is 13.1. The van der Waals surface area contributed by atoms with E-state index in [1.54, 1.807) is 24.1 Å². The molecule has 0 unspecified atom stereocenters. The van der Waals surface area contributed by atoms with E-state index in [2.05, 4.69) is 5.32 Å². The van der Waals surface area contributed by atoms with E-state index in [0.717, 1.165) is 16.9 Å². The fourth-order valence-electron chi connectivity index (χ4n) is 3.29. The summed E-state index contributed by atoms with van der Waals surface area (Å²) in [5.41, 5.74) is 3.00. The Morgan fingerprint density at radius 2 is 1.72 bits per heavy atom. The maximum Gasteiger partial charge on any atom is 0.322 e. The predicted molar refractivity (Wildman–Crippen MR) is 96.3 cm³/mol. The van der Waals surface area contributed by atoms with E-state index in [0.29, 0.717) is 17.1 Å². The monoisotopic (exact) mass is 353 g/mol. The molecule has 2 aliphatic heterocycles. The largest absolute Gasteiger partial charge is 0.327 e. The Hall–Kier alpha value is -2.79. The summed E-state index contributed by atoms with van der Waals surface area (Å²) >= 11 is 5.95. The van der Waals surface area contributed by atoms with Crippen molar-refractivity contribution in [2.24, 2.45) is 0 Å². The first-order valence-electron chi connectivity index (χ1n) is 7.96. The number of anilines is 1. The van der Waals surface area contributed by atoms with Crippen LogP contribution in [0.4, 0.5) is 10.5 Å². The molecule has 0 bridgehead atoms. The van der Waals surface area contributed by atoms with E-state index < -0.39 is 6.04 Å². The third kappa shape index (κ3) is 2.57. The van der Waals surface area contributed by atoms with Crippen LogP contribution in [0.15, 0.2) is 65.9 Å². The van der Waals surface area contributed by atoms with Gasteiger partial charge in [-0.25, -0.2) is 4.79 Å². The van der Waals surface area contributed by atoms with E-state index in [1.807, 2.05) is 42.5 Å². The van der Waals surface area contributed by atoms with Crippen molar-refractivity contribution < 1.29 is 9.59 Å². The molecule has 0 radical (unpaired) electrons. The molecular formula is C19H16ClN3O2. The summed E-state index contributed by atoms with van der Waals surface area (Å²) in [5, 5.41) is 3.54. The highest BCUT2D eigenvalue weighted by Crippen LogP contribution is 2.37. The van der Waals surface area contributed by atoms with Gasteiger partial charge in [-0.15, -0.1) is 0 Å². The zero-order valence-corrected chi connectivity index (χ0v) is 14.3. The highest BCUT2D eigenvalue weighted by Gasteiger charge is 2.43. The Morgan fingerprint density at radius 1 is 1.04 bits per heavy atom. The summed E-state index contributed by atoms with van der Waals surface area (Å²) in [6.45, 7) is 0.364. The number of amides is 3. The van der Waals surface area contributed by atoms with Crippen LogP contribution in [0.2, 0.25) is 5.02 Å². The minimum Gasteiger partial charge on any atom is -0.327 e. The third-order valence-corrected chi connectivity index (χ3v) is 4.88. The van der Waals surface area contributed by atoms with E-state index in [4.69, 9.17) is 11.6 Å². The lowest BCUT2D eigenvalue weighted by molar-refractivity contribution is -0.114. The van der Waals surface area contributed by atoms with Gasteiger partial charge in [-0.1, -0.05) is 41.9 Å². The van der Waals surface area contributed by atoms with E-state index >= 15 is 0 Å². The van der Waals surface area contributed by atoms with Gasteiger partial charge in [0.05, 0.1) is 23.9 Å². The number of rotatable bonds is 2. The number of hydrogen-bond acceptors (Lipinski definition) is 2. The lowest BCUT2D eigenvalue weighted by atomic mass is 9.96. The molecule has 6 heteroatoms. The number of hydrogen-bond donors (Lipinski definition) is 1. The lowest BCUT2D eigenvalue weighted by Crippen LogP contribution is -2.45. The zero-order valence-electron chi connectivity index (χ0n) is 13.6. The highest BCUT2D eigenvalue weighted by molar-refractivity contribution is 6.30. The van der Waals surface area contributed by atoms with Gasteiger partial charge in [0.2, 0.25) is 0 Å². The van der Waals surface area contributed by atoms with Gasteiger partial charge in [0, 0.05) is 17.8 Å². The Labute approximate surface area is 150 Å². The van der Waals surface area contributed by atoms with Crippen molar-refractivity contribution in [3.05, 3.63) is 76.5 Å². The van der Waals surface area contributed by atoms with Crippen LogP contribution in [0, 0.1) is 0 Å². The topological polar surface area (TPSA) is 52.7 Å². The summed E-state index contributed by atoms with van der Waals surface area (Å²) in [6.07, 6.45) is 0. The van der Waals surface area contributed by atoms with Crippen molar-refractivity contribution in [3.63, 3.8) is 0 Å². The molecule has 2 heterocycles. The summed E-state index contributed by atoms with van der Waals surface area (Å²) in [5.74, 6) is -0.0991. The Morgan fingerprint density at radius 3 is 2.40 bits per heavy atom. The number of halogens is 1. The number of carbonyl (C=O) groups is 2. The summed E-state index contributed by atoms with van der Waals surface area (Å²) in [7, 11) is 1.69. The van der Waals surface area contributed by atoms with Gasteiger partial charge in [-0.2, -0.15) is 0 Å². The van der Waals surface area contributed by atoms with Crippen LogP contribution >= 0.6 is 11.6 Å². The fourth-order valence-corrected chi connectivity index (χ4v) is 3.42. The van der Waals surface area contributed by atoms with Gasteiger partial charge in [0.15, 0.2) is 0 Å². The van der Waals surface area contributed by atoms with Crippen LogP contribution in [0.1, 0.15) is 11.6 Å². The minimum absolute atomic E-state index is 0.0991. The van der Waals surface area contributed by atoms with Crippen molar-refractivity contribution in [2.45, 2.75) is 6.04 Å². The van der Waals surface area contributed by atoms with E-state index in [9.17, 15) is 9.59 Å². The molecule has 25 heavy (non-hydrogen) atoms.